The highest BCUT2D eigenvalue weighted by molar-refractivity contribution is 8.77. The van der Waals surface area contributed by atoms with Crippen molar-refractivity contribution in [2.45, 2.75) is 71.6 Å². The number of amides is 4. The molecule has 0 unspecified atom stereocenters. The van der Waals surface area contributed by atoms with Crippen LogP contribution in [0.2, 0.25) is 0 Å². The Morgan fingerprint density at radius 3 is 1.10 bits per heavy atom. The fraction of sp³-hybridized carbons (Fsp3) is 0.871. The zero-order valence-corrected chi connectivity index (χ0v) is 34.3. The first kappa shape index (κ1) is 48.8. The third-order valence-corrected chi connectivity index (χ3v) is 12.5. The molecule has 0 saturated carbocycles. The predicted molar refractivity (Wildman–Crippen MR) is 214 cm³/mol. The highest BCUT2D eigenvalue weighted by atomic mass is 33.1. The van der Waals surface area contributed by atoms with Crippen LogP contribution in [0.3, 0.4) is 0 Å². The van der Waals surface area contributed by atoms with Gasteiger partial charge in [0.25, 0.3) is 10.5 Å². The molecule has 0 bridgehead atoms. The molecule has 0 aromatic rings. The Balaban J connectivity index is 3.19. The van der Waals surface area contributed by atoms with E-state index >= 15 is 0 Å². The van der Waals surface area contributed by atoms with Crippen molar-refractivity contribution in [1.82, 2.24) is 21.3 Å². The maximum absolute atomic E-state index is 11.8. The van der Waals surface area contributed by atoms with Crippen LogP contribution in [0.15, 0.2) is 0 Å². The number of hydrogen-bond donors (Lipinski definition) is 4. The number of ether oxygens (including phenoxy) is 4. The minimum absolute atomic E-state index is 0.00795. The topological polar surface area (TPSA) is 153 Å². The molecule has 0 fully saturated rings. The Morgan fingerprint density at radius 1 is 0.408 bits per heavy atom. The molecular formula is C31H60N4O8S6. The molecule has 0 saturated heterocycles. The first-order chi connectivity index (χ1) is 23.9. The molecule has 288 valence electrons. The van der Waals surface area contributed by atoms with E-state index in [-0.39, 0.29) is 35.9 Å². The first-order valence-corrected chi connectivity index (χ1v) is 24.0. The molecule has 0 aromatic carbocycles. The van der Waals surface area contributed by atoms with Crippen LogP contribution in [0.4, 0.5) is 9.59 Å². The van der Waals surface area contributed by atoms with Crippen molar-refractivity contribution < 1.29 is 38.1 Å². The van der Waals surface area contributed by atoms with Crippen molar-refractivity contribution >= 4 is 89.0 Å². The van der Waals surface area contributed by atoms with Gasteiger partial charge in [-0.3, -0.25) is 19.2 Å². The number of nitrogens with one attached hydrogen (secondary N) is 4. The summed E-state index contributed by atoms with van der Waals surface area (Å²) in [6, 6.07) is 0. The molecule has 0 aliphatic rings. The Kier molecular flexibility index (Phi) is 40.4. The van der Waals surface area contributed by atoms with Gasteiger partial charge in [0.15, 0.2) is 0 Å². The minimum atomic E-state index is -0.0222. The average molecular weight is 809 g/mol. The van der Waals surface area contributed by atoms with Gasteiger partial charge in [0.2, 0.25) is 11.8 Å². The van der Waals surface area contributed by atoms with E-state index in [1.165, 1.54) is 37.4 Å². The summed E-state index contributed by atoms with van der Waals surface area (Å²) in [5.74, 6) is 5.25. The summed E-state index contributed by atoms with van der Waals surface area (Å²) >= 11 is 2.46. The number of unbranched alkanes of at least 4 members (excludes halogenated alkanes) is 6. The van der Waals surface area contributed by atoms with E-state index in [9.17, 15) is 19.2 Å². The molecule has 0 spiro atoms. The smallest absolute Gasteiger partial charge is 0.279 e. The lowest BCUT2D eigenvalue weighted by Gasteiger charge is -2.07. The zero-order valence-electron chi connectivity index (χ0n) is 29.4. The van der Waals surface area contributed by atoms with Crippen molar-refractivity contribution in [2.24, 2.45) is 0 Å². The van der Waals surface area contributed by atoms with Crippen molar-refractivity contribution in [2.75, 3.05) is 101 Å². The minimum Gasteiger partial charge on any atom is -0.356 e. The van der Waals surface area contributed by atoms with Crippen molar-refractivity contribution in [1.29, 1.82) is 0 Å². The Labute approximate surface area is 319 Å². The van der Waals surface area contributed by atoms with Gasteiger partial charge in [-0.2, -0.15) is 0 Å². The fourth-order valence-corrected chi connectivity index (χ4v) is 8.82. The van der Waals surface area contributed by atoms with Crippen LogP contribution < -0.4 is 21.3 Å². The maximum atomic E-state index is 11.8. The third kappa shape index (κ3) is 43.9. The average Bonchev–Trinajstić information content (AvgIpc) is 3.07. The molecule has 0 rings (SSSR count). The lowest BCUT2D eigenvalue weighted by atomic mass is 10.2. The van der Waals surface area contributed by atoms with Crippen LogP contribution in [-0.4, -0.2) is 123 Å². The second-order valence-electron chi connectivity index (χ2n) is 10.4. The van der Waals surface area contributed by atoms with E-state index in [1.54, 1.807) is 0 Å². The lowest BCUT2D eigenvalue weighted by molar-refractivity contribution is -0.119. The van der Waals surface area contributed by atoms with E-state index < -0.39 is 0 Å². The van der Waals surface area contributed by atoms with Crippen molar-refractivity contribution in [3.63, 3.8) is 0 Å². The summed E-state index contributed by atoms with van der Waals surface area (Å²) in [7, 11) is 7.36. The van der Waals surface area contributed by atoms with E-state index in [4.69, 9.17) is 18.9 Å². The molecule has 0 aliphatic heterocycles. The number of carbonyl (C=O) groups excluding carboxylic acids is 4. The molecule has 4 N–H and O–H groups in total. The summed E-state index contributed by atoms with van der Waals surface area (Å²) in [5.41, 5.74) is 0. The summed E-state index contributed by atoms with van der Waals surface area (Å²) < 4.78 is 21.9. The normalized spacial score (nSPS) is 11.0. The number of hydrogen-bond acceptors (Lipinski definition) is 14. The number of carbonyl (C=O) groups is 4. The zero-order chi connectivity index (χ0) is 35.9. The van der Waals surface area contributed by atoms with Gasteiger partial charge in [-0.05, 0) is 32.1 Å². The van der Waals surface area contributed by atoms with Crippen LogP contribution in [-0.2, 0) is 28.5 Å². The van der Waals surface area contributed by atoms with Crippen LogP contribution in [0.5, 0.6) is 0 Å². The maximum Gasteiger partial charge on any atom is 0.279 e. The Hall–Kier alpha value is -0.180. The standard InChI is InChI=1S/C31H60N4O8S6/c1-28(36)32-12-7-3-5-9-14-34-30(38)44-22-16-40-26-42-18-24-48-46-20-11-21-47-49-25-19-43-27-41-17-23-45-31(39)35-15-10-6-4-8-13-33-29(2)37/h3-27H2,1-2H3,(H,32,36)(H,33,37)(H,34,38)(H,35,39). The molecular weight excluding hydrogens is 749 g/mol. The largest absolute Gasteiger partial charge is 0.356 e. The van der Waals surface area contributed by atoms with Gasteiger partial charge in [-0.25, -0.2) is 0 Å². The SMILES string of the molecule is CC(=O)NCCCCCCNC(=O)SCCOCOCCSSCCCSSCCOCOCCSC(=O)NCCCCCCNC(C)=O. The third-order valence-electron chi connectivity index (χ3n) is 5.99. The molecule has 0 aromatic heterocycles. The van der Waals surface area contributed by atoms with Gasteiger partial charge in [-0.1, -0.05) is 92.4 Å². The van der Waals surface area contributed by atoms with Gasteiger partial charge in [0.05, 0.1) is 26.4 Å². The lowest BCUT2D eigenvalue weighted by Crippen LogP contribution is -2.21. The number of thioether (sulfide) groups is 2. The van der Waals surface area contributed by atoms with Gasteiger partial charge in [0, 0.05) is 74.5 Å². The van der Waals surface area contributed by atoms with E-state index in [2.05, 4.69) is 21.3 Å². The van der Waals surface area contributed by atoms with E-state index in [1.807, 2.05) is 43.2 Å². The quantitative estimate of drug-likeness (QED) is 0.0314. The van der Waals surface area contributed by atoms with Crippen molar-refractivity contribution in [3.8, 4) is 0 Å². The van der Waals surface area contributed by atoms with Crippen LogP contribution >= 0.6 is 66.7 Å². The van der Waals surface area contributed by atoms with Crippen molar-refractivity contribution in [3.05, 3.63) is 0 Å². The van der Waals surface area contributed by atoms with E-state index in [0.717, 1.165) is 93.9 Å². The van der Waals surface area contributed by atoms with Gasteiger partial charge in [0.1, 0.15) is 13.6 Å². The van der Waals surface area contributed by atoms with E-state index in [0.29, 0.717) is 51.0 Å². The summed E-state index contributed by atoms with van der Waals surface area (Å²) in [6.45, 7) is 8.57. The Morgan fingerprint density at radius 2 is 0.735 bits per heavy atom. The van der Waals surface area contributed by atoms with Gasteiger partial charge >= 0.3 is 0 Å². The monoisotopic (exact) mass is 808 g/mol. The second-order valence-corrected chi connectivity index (χ2v) is 18.0. The molecule has 12 nitrogen and oxygen atoms in total. The van der Waals surface area contributed by atoms with Crippen LogP contribution in [0.25, 0.3) is 0 Å². The fourth-order valence-electron chi connectivity index (χ4n) is 3.56. The summed E-state index contributed by atoms with van der Waals surface area (Å²) in [6.07, 6.45) is 9.13. The highest BCUT2D eigenvalue weighted by Gasteiger charge is 2.03. The first-order valence-electron chi connectivity index (χ1n) is 17.0. The molecule has 18 heteroatoms. The summed E-state index contributed by atoms with van der Waals surface area (Å²) in [4.78, 5) is 45.2. The van der Waals surface area contributed by atoms with Crippen LogP contribution in [0, 0.1) is 0 Å². The molecule has 0 heterocycles. The highest BCUT2D eigenvalue weighted by Crippen LogP contribution is 2.26. The molecule has 0 atom stereocenters. The van der Waals surface area contributed by atoms with Crippen LogP contribution in [0.1, 0.15) is 71.6 Å². The molecule has 0 radical (unpaired) electrons. The molecule has 49 heavy (non-hydrogen) atoms. The number of rotatable bonds is 36. The summed E-state index contributed by atoms with van der Waals surface area (Å²) in [5, 5.41) is 11.3. The predicted octanol–water partition coefficient (Wildman–Crippen LogP) is 6.40. The molecule has 0 aliphatic carbocycles. The molecule has 4 amide bonds. The Bertz CT molecular complexity index is 749. The van der Waals surface area contributed by atoms with Gasteiger partial charge < -0.3 is 40.2 Å². The second kappa shape index (κ2) is 40.6. The van der Waals surface area contributed by atoms with Gasteiger partial charge in [-0.15, -0.1) is 0 Å².